The summed E-state index contributed by atoms with van der Waals surface area (Å²) in [6, 6.07) is 0. The Morgan fingerprint density at radius 3 is 3.00 bits per heavy atom. The van der Waals surface area contributed by atoms with Crippen LogP contribution in [0.25, 0.3) is 0 Å². The van der Waals surface area contributed by atoms with Crippen LogP contribution in [0.2, 0.25) is 0 Å². The molecule has 0 atom stereocenters. The molecular weight excluding hydrogens is 332 g/mol. The fraction of sp³-hybridized carbons (Fsp3) is 0.364. The predicted octanol–water partition coefficient (Wildman–Crippen LogP) is 1.83. The van der Waals surface area contributed by atoms with E-state index in [1.807, 2.05) is 0 Å². The van der Waals surface area contributed by atoms with Gasteiger partial charge in [-0.1, -0.05) is 23.1 Å². The fourth-order valence-electron chi connectivity index (χ4n) is 1.31. The number of anilines is 1. The van der Waals surface area contributed by atoms with E-state index in [9.17, 15) is 9.59 Å². The van der Waals surface area contributed by atoms with Crippen molar-refractivity contribution < 1.29 is 14.3 Å². The second kappa shape index (κ2) is 8.05. The lowest BCUT2D eigenvalue weighted by atomic mass is 10.3. The third-order valence-corrected chi connectivity index (χ3v) is 4.76. The predicted molar refractivity (Wildman–Crippen MR) is 81.7 cm³/mol. The summed E-state index contributed by atoms with van der Waals surface area (Å²) in [6.07, 6.45) is 0.111. The van der Waals surface area contributed by atoms with Gasteiger partial charge in [0.05, 0.1) is 24.5 Å². The first kappa shape index (κ1) is 15.9. The number of aromatic nitrogens is 3. The van der Waals surface area contributed by atoms with Gasteiger partial charge < -0.3 is 10.1 Å². The summed E-state index contributed by atoms with van der Waals surface area (Å²) in [4.78, 5) is 27.2. The number of thioether (sulfide) groups is 1. The maximum atomic E-state index is 11.7. The summed E-state index contributed by atoms with van der Waals surface area (Å²) in [5.74, 6) is -0.262. The van der Waals surface area contributed by atoms with Crippen molar-refractivity contribution in [3.05, 3.63) is 16.6 Å². The normalized spacial score (nSPS) is 10.3. The molecule has 2 aromatic rings. The first-order chi connectivity index (χ1) is 10.2. The molecular formula is C11H12N4O3S3. The van der Waals surface area contributed by atoms with Gasteiger partial charge in [0.15, 0.2) is 9.47 Å². The van der Waals surface area contributed by atoms with Gasteiger partial charge >= 0.3 is 5.97 Å². The van der Waals surface area contributed by atoms with E-state index in [-0.39, 0.29) is 24.1 Å². The zero-order valence-electron chi connectivity index (χ0n) is 11.1. The fourth-order valence-corrected chi connectivity index (χ4v) is 3.33. The number of hydrogen-bond acceptors (Lipinski definition) is 9. The van der Waals surface area contributed by atoms with E-state index in [2.05, 4.69) is 20.5 Å². The molecule has 7 nitrogen and oxygen atoms in total. The minimum absolute atomic E-state index is 0.111. The minimum atomic E-state index is -0.326. The average molecular weight is 344 g/mol. The molecule has 2 aromatic heterocycles. The highest BCUT2D eigenvalue weighted by Crippen LogP contribution is 2.20. The van der Waals surface area contributed by atoms with Gasteiger partial charge in [0.25, 0.3) is 0 Å². The Hall–Kier alpha value is -1.52. The van der Waals surface area contributed by atoms with Gasteiger partial charge in [0, 0.05) is 5.38 Å². The van der Waals surface area contributed by atoms with Crippen LogP contribution in [-0.2, 0) is 20.7 Å². The van der Waals surface area contributed by atoms with Crippen molar-refractivity contribution in [3.63, 3.8) is 0 Å². The standard InChI is InChI=1S/C11H12N4O3S3/c1-2-18-9(17)3-7-4-19-10(13-7)14-8(16)5-20-11-15-12-6-21-11/h4,6H,2-3,5H2,1H3,(H,13,14,16). The zero-order chi connectivity index (χ0) is 15.1. The number of thiazole rings is 1. The van der Waals surface area contributed by atoms with Crippen LogP contribution < -0.4 is 5.32 Å². The molecule has 1 amide bonds. The first-order valence-corrected chi connectivity index (χ1v) is 8.70. The number of amides is 1. The molecule has 2 rings (SSSR count). The van der Waals surface area contributed by atoms with Crippen LogP contribution in [-0.4, -0.2) is 39.4 Å². The highest BCUT2D eigenvalue weighted by molar-refractivity contribution is 8.01. The van der Waals surface area contributed by atoms with Gasteiger partial charge in [-0.3, -0.25) is 9.59 Å². The van der Waals surface area contributed by atoms with Crippen molar-refractivity contribution in [3.8, 4) is 0 Å². The Bertz CT molecular complexity index is 600. The maximum Gasteiger partial charge on any atom is 0.311 e. The van der Waals surface area contributed by atoms with Crippen molar-refractivity contribution in [1.82, 2.24) is 15.2 Å². The smallest absolute Gasteiger partial charge is 0.311 e. The van der Waals surface area contributed by atoms with Gasteiger partial charge in [-0.15, -0.1) is 21.5 Å². The van der Waals surface area contributed by atoms with Crippen LogP contribution in [0.5, 0.6) is 0 Å². The molecule has 0 saturated heterocycles. The SMILES string of the molecule is CCOC(=O)Cc1csc(NC(=O)CSc2nncs2)n1. The second-order valence-corrected chi connectivity index (χ2v) is 6.58. The molecule has 0 unspecified atom stereocenters. The Labute approximate surface area is 133 Å². The molecule has 0 aliphatic carbocycles. The molecule has 0 saturated carbocycles. The number of carbonyl (C=O) groups is 2. The quantitative estimate of drug-likeness (QED) is 0.605. The number of ether oxygens (including phenoxy) is 1. The van der Waals surface area contributed by atoms with E-state index in [0.29, 0.717) is 17.4 Å². The second-order valence-electron chi connectivity index (χ2n) is 3.67. The van der Waals surface area contributed by atoms with Crippen molar-refractivity contribution in [2.75, 3.05) is 17.7 Å². The molecule has 0 bridgehead atoms. The van der Waals surface area contributed by atoms with Crippen LogP contribution in [0.4, 0.5) is 5.13 Å². The molecule has 10 heteroatoms. The Morgan fingerprint density at radius 1 is 1.43 bits per heavy atom. The third-order valence-electron chi connectivity index (χ3n) is 2.10. The van der Waals surface area contributed by atoms with Crippen molar-refractivity contribution >= 4 is 51.4 Å². The van der Waals surface area contributed by atoms with Gasteiger partial charge in [-0.25, -0.2) is 4.98 Å². The van der Waals surface area contributed by atoms with E-state index in [4.69, 9.17) is 4.74 Å². The molecule has 0 fully saturated rings. The summed E-state index contributed by atoms with van der Waals surface area (Å²) in [7, 11) is 0. The van der Waals surface area contributed by atoms with Crippen LogP contribution in [0.1, 0.15) is 12.6 Å². The molecule has 112 valence electrons. The maximum absolute atomic E-state index is 11.7. The number of nitrogens with one attached hydrogen (secondary N) is 1. The lowest BCUT2D eigenvalue weighted by Crippen LogP contribution is -2.14. The van der Waals surface area contributed by atoms with Gasteiger partial charge in [-0.05, 0) is 6.92 Å². The Balaban J connectivity index is 1.78. The van der Waals surface area contributed by atoms with E-state index < -0.39 is 0 Å². The van der Waals surface area contributed by atoms with Crippen LogP contribution in [0, 0.1) is 0 Å². The van der Waals surface area contributed by atoms with Gasteiger partial charge in [-0.2, -0.15) is 0 Å². The van der Waals surface area contributed by atoms with Crippen LogP contribution in [0.3, 0.4) is 0 Å². The van der Waals surface area contributed by atoms with Crippen LogP contribution >= 0.6 is 34.4 Å². The number of rotatable bonds is 7. The average Bonchev–Trinajstić information content (AvgIpc) is 3.08. The number of hydrogen-bond donors (Lipinski definition) is 1. The van der Waals surface area contributed by atoms with E-state index in [1.54, 1.807) is 17.8 Å². The summed E-state index contributed by atoms with van der Waals surface area (Å²) < 4.78 is 5.58. The van der Waals surface area contributed by atoms with E-state index >= 15 is 0 Å². The van der Waals surface area contributed by atoms with Crippen molar-refractivity contribution in [1.29, 1.82) is 0 Å². The topological polar surface area (TPSA) is 94.1 Å². The van der Waals surface area contributed by atoms with Crippen molar-refractivity contribution in [2.24, 2.45) is 0 Å². The summed E-state index contributed by atoms with van der Waals surface area (Å²) in [5, 5.41) is 12.4. The number of carbonyl (C=O) groups excluding carboxylic acids is 2. The lowest BCUT2D eigenvalue weighted by Gasteiger charge is -2.00. The highest BCUT2D eigenvalue weighted by Gasteiger charge is 2.11. The third kappa shape index (κ3) is 5.40. The van der Waals surface area contributed by atoms with Crippen LogP contribution in [0.15, 0.2) is 15.2 Å². The molecule has 1 N–H and O–H groups in total. The number of esters is 1. The lowest BCUT2D eigenvalue weighted by molar-refractivity contribution is -0.142. The Morgan fingerprint density at radius 2 is 2.29 bits per heavy atom. The molecule has 0 aromatic carbocycles. The van der Waals surface area contributed by atoms with Gasteiger partial charge in [0.2, 0.25) is 5.91 Å². The molecule has 2 heterocycles. The summed E-state index contributed by atoms with van der Waals surface area (Å²) in [6.45, 7) is 2.09. The summed E-state index contributed by atoms with van der Waals surface area (Å²) >= 11 is 3.97. The van der Waals surface area contributed by atoms with E-state index in [0.717, 1.165) is 4.34 Å². The Kier molecular flexibility index (Phi) is 6.08. The molecule has 0 aliphatic rings. The molecule has 0 radical (unpaired) electrons. The molecule has 21 heavy (non-hydrogen) atoms. The molecule has 0 aliphatic heterocycles. The minimum Gasteiger partial charge on any atom is -0.466 e. The highest BCUT2D eigenvalue weighted by atomic mass is 32.2. The summed E-state index contributed by atoms with van der Waals surface area (Å²) in [5.41, 5.74) is 2.20. The van der Waals surface area contributed by atoms with Gasteiger partial charge in [0.1, 0.15) is 5.51 Å². The number of nitrogens with zero attached hydrogens (tertiary/aromatic N) is 3. The first-order valence-electron chi connectivity index (χ1n) is 5.96. The zero-order valence-corrected chi connectivity index (χ0v) is 13.5. The largest absolute Gasteiger partial charge is 0.466 e. The molecule has 0 spiro atoms. The van der Waals surface area contributed by atoms with E-state index in [1.165, 1.54) is 34.4 Å². The van der Waals surface area contributed by atoms with Crippen molar-refractivity contribution in [2.45, 2.75) is 17.7 Å². The monoisotopic (exact) mass is 344 g/mol.